The van der Waals surface area contributed by atoms with E-state index in [-0.39, 0.29) is 0 Å². The predicted octanol–water partition coefficient (Wildman–Crippen LogP) is 4.14. The fraction of sp³-hybridized carbons (Fsp3) is 0.625. The summed E-state index contributed by atoms with van der Waals surface area (Å²) in [4.78, 5) is 0. The van der Waals surface area contributed by atoms with Crippen molar-refractivity contribution in [3.63, 3.8) is 0 Å². The molecule has 0 aliphatic heterocycles. The Kier molecular flexibility index (Phi) is 3.86. The lowest BCUT2D eigenvalue weighted by Crippen LogP contribution is -2.63. The Morgan fingerprint density at radius 2 is 2.05 bits per heavy atom. The van der Waals surface area contributed by atoms with Crippen LogP contribution in [-0.2, 0) is 0 Å². The van der Waals surface area contributed by atoms with Crippen LogP contribution in [0.4, 0.5) is 0 Å². The van der Waals surface area contributed by atoms with Crippen molar-refractivity contribution in [2.45, 2.75) is 51.2 Å². The lowest BCUT2D eigenvalue weighted by molar-refractivity contribution is -0.0758. The van der Waals surface area contributed by atoms with Crippen LogP contribution in [0.25, 0.3) is 0 Å². The highest BCUT2D eigenvalue weighted by Crippen LogP contribution is 2.54. The predicted molar refractivity (Wildman–Crippen MR) is 81.5 cm³/mol. The van der Waals surface area contributed by atoms with E-state index in [1.807, 2.05) is 12.1 Å². The van der Waals surface area contributed by atoms with Crippen LogP contribution in [0.5, 0.6) is 5.75 Å². The van der Waals surface area contributed by atoms with Gasteiger partial charge >= 0.3 is 0 Å². The Labute approximate surface area is 124 Å². The number of nitrogens with one attached hydrogen (secondary N) is 1. The zero-order valence-corrected chi connectivity index (χ0v) is 13.1. The topological polar surface area (TPSA) is 21.3 Å². The number of para-hydroxylation sites is 1. The minimum atomic E-state index is 0.387. The summed E-state index contributed by atoms with van der Waals surface area (Å²) in [5.41, 5.74) is 0.394. The monoisotopic (exact) mass is 323 g/mol. The summed E-state index contributed by atoms with van der Waals surface area (Å²) in [5, 5.41) is 3.65. The van der Waals surface area contributed by atoms with Crippen LogP contribution in [0.2, 0.25) is 0 Å². The first-order valence-corrected chi connectivity index (χ1v) is 8.20. The number of rotatable bonds is 4. The first-order chi connectivity index (χ1) is 9.26. The molecule has 0 heterocycles. The Bertz CT molecular complexity index is 442. The minimum Gasteiger partial charge on any atom is -0.489 e. The molecular weight excluding hydrogens is 302 g/mol. The van der Waals surface area contributed by atoms with Crippen molar-refractivity contribution in [2.24, 2.45) is 5.41 Å². The van der Waals surface area contributed by atoms with E-state index < -0.39 is 0 Å². The highest BCUT2D eigenvalue weighted by Gasteiger charge is 2.57. The Hall–Kier alpha value is -0.540. The molecule has 2 saturated carbocycles. The van der Waals surface area contributed by atoms with Crippen LogP contribution < -0.4 is 10.1 Å². The van der Waals surface area contributed by atoms with Crippen molar-refractivity contribution in [1.82, 2.24) is 5.32 Å². The van der Waals surface area contributed by atoms with Crippen LogP contribution in [0.1, 0.15) is 39.0 Å². The second-order valence-electron chi connectivity index (χ2n) is 5.82. The van der Waals surface area contributed by atoms with Gasteiger partial charge in [0.1, 0.15) is 11.9 Å². The van der Waals surface area contributed by atoms with Crippen LogP contribution in [0, 0.1) is 5.41 Å². The van der Waals surface area contributed by atoms with Gasteiger partial charge in [0.2, 0.25) is 0 Å². The normalized spacial score (nSPS) is 28.3. The third kappa shape index (κ3) is 2.31. The number of ether oxygens (including phenoxy) is 1. The Balaban J connectivity index is 1.74. The molecule has 0 aromatic heterocycles. The minimum absolute atomic E-state index is 0.387. The third-order valence-corrected chi connectivity index (χ3v) is 5.53. The quantitative estimate of drug-likeness (QED) is 0.899. The number of hydrogen-bond donors (Lipinski definition) is 1. The van der Waals surface area contributed by atoms with E-state index in [0.717, 1.165) is 23.2 Å². The first-order valence-electron chi connectivity index (χ1n) is 7.41. The molecule has 2 aliphatic carbocycles. The molecule has 2 unspecified atom stereocenters. The lowest BCUT2D eigenvalue weighted by Gasteiger charge is -2.54. The zero-order chi connectivity index (χ0) is 13.3. The number of halogens is 1. The molecular formula is C16H22BrNO. The van der Waals surface area contributed by atoms with E-state index in [1.54, 1.807) is 0 Å². The number of benzene rings is 1. The van der Waals surface area contributed by atoms with E-state index in [4.69, 9.17) is 4.74 Å². The Morgan fingerprint density at radius 1 is 1.32 bits per heavy atom. The van der Waals surface area contributed by atoms with Gasteiger partial charge in [0.05, 0.1) is 4.47 Å². The van der Waals surface area contributed by atoms with Gasteiger partial charge in [-0.2, -0.15) is 0 Å². The summed E-state index contributed by atoms with van der Waals surface area (Å²) in [5.74, 6) is 0.994. The van der Waals surface area contributed by atoms with Crippen LogP contribution in [0.3, 0.4) is 0 Å². The van der Waals surface area contributed by atoms with Crippen molar-refractivity contribution in [3.8, 4) is 5.75 Å². The summed E-state index contributed by atoms with van der Waals surface area (Å²) in [7, 11) is 0. The lowest BCUT2D eigenvalue weighted by atomic mass is 9.60. The van der Waals surface area contributed by atoms with Crippen molar-refractivity contribution >= 4 is 15.9 Å². The van der Waals surface area contributed by atoms with Gasteiger partial charge in [-0.05, 0) is 47.4 Å². The van der Waals surface area contributed by atoms with E-state index in [2.05, 4.69) is 40.3 Å². The summed E-state index contributed by atoms with van der Waals surface area (Å²) < 4.78 is 7.37. The fourth-order valence-corrected chi connectivity index (χ4v) is 4.22. The highest BCUT2D eigenvalue weighted by molar-refractivity contribution is 9.10. The van der Waals surface area contributed by atoms with Crippen LogP contribution >= 0.6 is 15.9 Å². The van der Waals surface area contributed by atoms with Gasteiger partial charge in [-0.15, -0.1) is 0 Å². The summed E-state index contributed by atoms with van der Waals surface area (Å²) in [6.07, 6.45) is 6.89. The molecule has 1 aromatic rings. The smallest absolute Gasteiger partial charge is 0.133 e. The van der Waals surface area contributed by atoms with Gasteiger partial charge in [0.15, 0.2) is 0 Å². The van der Waals surface area contributed by atoms with Crippen molar-refractivity contribution in [3.05, 3.63) is 28.7 Å². The molecule has 2 aliphatic rings. The molecule has 2 nitrogen and oxygen atoms in total. The number of hydrogen-bond acceptors (Lipinski definition) is 2. The van der Waals surface area contributed by atoms with Crippen molar-refractivity contribution in [1.29, 1.82) is 0 Å². The van der Waals surface area contributed by atoms with E-state index >= 15 is 0 Å². The standard InChI is InChI=1S/C16H22BrNO/c1-2-18-14-11-15(16(14)9-5-6-10-16)19-13-8-4-3-7-12(13)17/h3-4,7-8,14-15,18H,2,5-6,9-11H2,1H3. The zero-order valence-electron chi connectivity index (χ0n) is 11.5. The molecule has 1 N–H and O–H groups in total. The fourth-order valence-electron chi connectivity index (χ4n) is 3.84. The molecule has 3 heteroatoms. The largest absolute Gasteiger partial charge is 0.489 e. The molecule has 19 heavy (non-hydrogen) atoms. The third-order valence-electron chi connectivity index (χ3n) is 4.88. The van der Waals surface area contributed by atoms with Gasteiger partial charge in [-0.3, -0.25) is 0 Å². The van der Waals surface area contributed by atoms with Gasteiger partial charge in [0.25, 0.3) is 0 Å². The van der Waals surface area contributed by atoms with Crippen molar-refractivity contribution < 1.29 is 4.74 Å². The molecule has 0 bridgehead atoms. The van der Waals surface area contributed by atoms with Gasteiger partial charge in [-0.25, -0.2) is 0 Å². The van der Waals surface area contributed by atoms with Gasteiger partial charge in [0, 0.05) is 17.9 Å². The van der Waals surface area contributed by atoms with E-state index in [9.17, 15) is 0 Å². The average Bonchev–Trinajstić information content (AvgIpc) is 2.92. The van der Waals surface area contributed by atoms with Crippen LogP contribution in [-0.4, -0.2) is 18.7 Å². The molecule has 0 saturated heterocycles. The Morgan fingerprint density at radius 3 is 2.74 bits per heavy atom. The first kappa shape index (κ1) is 13.4. The molecule has 0 radical (unpaired) electrons. The molecule has 0 amide bonds. The van der Waals surface area contributed by atoms with E-state index in [1.165, 1.54) is 25.7 Å². The maximum absolute atomic E-state index is 6.31. The maximum atomic E-state index is 6.31. The SMILES string of the molecule is CCNC1CC(Oc2ccccc2Br)C12CCCC2. The highest BCUT2D eigenvalue weighted by atomic mass is 79.9. The molecule has 3 rings (SSSR count). The second kappa shape index (κ2) is 5.45. The molecule has 1 aromatic carbocycles. The maximum Gasteiger partial charge on any atom is 0.133 e. The molecule has 2 fully saturated rings. The molecule has 104 valence electrons. The summed E-state index contributed by atoms with van der Waals surface area (Å²) in [6, 6.07) is 8.85. The second-order valence-corrected chi connectivity index (χ2v) is 6.68. The molecule has 2 atom stereocenters. The van der Waals surface area contributed by atoms with Gasteiger partial charge in [-0.1, -0.05) is 31.9 Å². The van der Waals surface area contributed by atoms with Crippen LogP contribution in [0.15, 0.2) is 28.7 Å². The summed E-state index contributed by atoms with van der Waals surface area (Å²) >= 11 is 3.58. The summed E-state index contributed by atoms with van der Waals surface area (Å²) in [6.45, 7) is 3.26. The average molecular weight is 324 g/mol. The molecule has 1 spiro atoms. The van der Waals surface area contributed by atoms with Gasteiger partial charge < -0.3 is 10.1 Å². The van der Waals surface area contributed by atoms with E-state index in [0.29, 0.717) is 17.6 Å². The van der Waals surface area contributed by atoms with Crippen molar-refractivity contribution in [2.75, 3.05) is 6.54 Å².